The highest BCUT2D eigenvalue weighted by molar-refractivity contribution is 5.69. The van der Waals surface area contributed by atoms with Gasteiger partial charge >= 0.3 is 5.97 Å². The van der Waals surface area contributed by atoms with Gasteiger partial charge in [0, 0.05) is 19.6 Å². The molecule has 1 rings (SSSR count). The molecule has 6 heteroatoms. The van der Waals surface area contributed by atoms with Gasteiger partial charge in [-0.15, -0.1) is 0 Å². The number of hydrogen-bond donors (Lipinski definition) is 3. The molecule has 1 aromatic rings. The first-order chi connectivity index (χ1) is 8.76. The Morgan fingerprint density at radius 2 is 2.06 bits per heavy atom. The molecule has 0 heterocycles. The van der Waals surface area contributed by atoms with Crippen molar-refractivity contribution in [3.05, 3.63) is 35.9 Å². The maximum absolute atomic E-state index is 11.2. The third kappa shape index (κ3) is 5.74. The van der Waals surface area contributed by atoms with Crippen molar-refractivity contribution in [1.29, 1.82) is 0 Å². The molecular weight excluding hydrogens is 234 g/mol. The summed E-state index contributed by atoms with van der Waals surface area (Å²) in [5.74, 6) is 4.45. The van der Waals surface area contributed by atoms with E-state index in [9.17, 15) is 4.79 Å². The van der Waals surface area contributed by atoms with E-state index in [4.69, 9.17) is 10.9 Å². The zero-order chi connectivity index (χ0) is 13.2. The fourth-order valence-electron chi connectivity index (χ4n) is 1.62. The van der Waals surface area contributed by atoms with Gasteiger partial charge in [-0.1, -0.05) is 35.9 Å². The van der Waals surface area contributed by atoms with Crippen molar-refractivity contribution in [2.45, 2.75) is 13.0 Å². The van der Waals surface area contributed by atoms with E-state index < -0.39 is 5.97 Å². The number of nitrogens with zero attached hydrogens (tertiary/aromatic N) is 1. The molecule has 0 aliphatic rings. The first-order valence-electron chi connectivity index (χ1n) is 5.78. The average molecular weight is 253 g/mol. The SMILES string of the molecule is NNOC(=O)CCN(CCO)Cc1ccccc1. The molecule has 0 saturated carbocycles. The predicted octanol–water partition coefficient (Wildman–Crippen LogP) is -0.207. The van der Waals surface area contributed by atoms with Crippen LogP contribution in [0.5, 0.6) is 0 Å². The van der Waals surface area contributed by atoms with E-state index in [1.54, 1.807) is 0 Å². The zero-order valence-electron chi connectivity index (χ0n) is 10.2. The molecule has 0 saturated heterocycles. The number of carbonyl (C=O) groups excluding carboxylic acids is 1. The number of benzene rings is 1. The van der Waals surface area contributed by atoms with Crippen LogP contribution in [0.4, 0.5) is 0 Å². The van der Waals surface area contributed by atoms with Gasteiger partial charge in [-0.3, -0.25) is 9.69 Å². The number of carbonyl (C=O) groups is 1. The van der Waals surface area contributed by atoms with Gasteiger partial charge in [0.2, 0.25) is 0 Å². The van der Waals surface area contributed by atoms with Crippen LogP contribution in [0.3, 0.4) is 0 Å². The number of nitrogens with one attached hydrogen (secondary N) is 1. The fourth-order valence-corrected chi connectivity index (χ4v) is 1.62. The lowest BCUT2D eigenvalue weighted by atomic mass is 10.2. The van der Waals surface area contributed by atoms with E-state index in [-0.39, 0.29) is 13.0 Å². The van der Waals surface area contributed by atoms with E-state index in [0.717, 1.165) is 5.56 Å². The molecule has 18 heavy (non-hydrogen) atoms. The van der Waals surface area contributed by atoms with Crippen LogP contribution < -0.4 is 11.4 Å². The summed E-state index contributed by atoms with van der Waals surface area (Å²) in [5.41, 5.74) is 2.99. The van der Waals surface area contributed by atoms with Crippen LogP contribution in [0.15, 0.2) is 30.3 Å². The van der Waals surface area contributed by atoms with Gasteiger partial charge in [0.1, 0.15) is 0 Å². The Bertz CT molecular complexity index is 346. The zero-order valence-corrected chi connectivity index (χ0v) is 10.2. The van der Waals surface area contributed by atoms with Crippen molar-refractivity contribution in [2.75, 3.05) is 19.7 Å². The predicted molar refractivity (Wildman–Crippen MR) is 66.8 cm³/mol. The largest absolute Gasteiger partial charge is 0.395 e. The Hall–Kier alpha value is -1.47. The molecule has 0 unspecified atom stereocenters. The number of rotatable bonds is 8. The molecular formula is C12H19N3O3. The van der Waals surface area contributed by atoms with E-state index in [0.29, 0.717) is 19.6 Å². The van der Waals surface area contributed by atoms with Crippen LogP contribution >= 0.6 is 0 Å². The Morgan fingerprint density at radius 1 is 1.33 bits per heavy atom. The monoisotopic (exact) mass is 253 g/mol. The molecule has 0 aliphatic heterocycles. The van der Waals surface area contributed by atoms with Gasteiger partial charge in [0.25, 0.3) is 0 Å². The third-order valence-electron chi connectivity index (χ3n) is 2.47. The van der Waals surface area contributed by atoms with Gasteiger partial charge < -0.3 is 9.94 Å². The van der Waals surface area contributed by atoms with E-state index >= 15 is 0 Å². The van der Waals surface area contributed by atoms with Crippen LogP contribution in [0.2, 0.25) is 0 Å². The van der Waals surface area contributed by atoms with Crippen LogP contribution in [0, 0.1) is 0 Å². The highest BCUT2D eigenvalue weighted by Crippen LogP contribution is 2.04. The number of hydrazine groups is 1. The minimum atomic E-state index is -0.423. The molecule has 4 N–H and O–H groups in total. The molecule has 0 bridgehead atoms. The Morgan fingerprint density at radius 3 is 2.67 bits per heavy atom. The van der Waals surface area contributed by atoms with Gasteiger partial charge in [-0.25, -0.2) is 5.84 Å². The van der Waals surface area contributed by atoms with Crippen molar-refractivity contribution in [1.82, 2.24) is 10.5 Å². The molecule has 0 radical (unpaired) electrons. The Balaban J connectivity index is 2.42. The molecule has 0 fully saturated rings. The lowest BCUT2D eigenvalue weighted by Gasteiger charge is -2.20. The lowest BCUT2D eigenvalue weighted by molar-refractivity contribution is -0.151. The summed E-state index contributed by atoms with van der Waals surface area (Å²) in [7, 11) is 0. The standard InChI is InChI=1S/C12H19N3O3/c13-14-18-12(17)6-7-15(8-9-16)10-11-4-2-1-3-5-11/h1-5,14,16H,6-10,13H2. The molecule has 100 valence electrons. The quantitative estimate of drug-likeness (QED) is 0.439. The van der Waals surface area contributed by atoms with E-state index in [1.165, 1.54) is 0 Å². The van der Waals surface area contributed by atoms with Crippen LogP contribution in [-0.2, 0) is 16.2 Å². The van der Waals surface area contributed by atoms with Crippen LogP contribution in [-0.4, -0.2) is 35.7 Å². The highest BCUT2D eigenvalue weighted by atomic mass is 16.7. The summed E-state index contributed by atoms with van der Waals surface area (Å²) >= 11 is 0. The summed E-state index contributed by atoms with van der Waals surface area (Å²) in [5, 5.41) is 8.99. The summed E-state index contributed by atoms with van der Waals surface area (Å²) in [4.78, 5) is 17.5. The fraction of sp³-hybridized carbons (Fsp3) is 0.417. The lowest BCUT2D eigenvalue weighted by Crippen LogP contribution is -2.32. The minimum absolute atomic E-state index is 0.0526. The number of aliphatic hydroxyl groups excluding tert-OH is 1. The summed E-state index contributed by atoms with van der Waals surface area (Å²) < 4.78 is 0. The van der Waals surface area contributed by atoms with Crippen LogP contribution in [0.1, 0.15) is 12.0 Å². The highest BCUT2D eigenvalue weighted by Gasteiger charge is 2.09. The normalized spacial score (nSPS) is 10.6. The second kappa shape index (κ2) is 8.60. The second-order valence-corrected chi connectivity index (χ2v) is 3.83. The summed E-state index contributed by atoms with van der Waals surface area (Å²) in [6.45, 7) is 1.76. The van der Waals surface area contributed by atoms with Gasteiger partial charge in [-0.2, -0.15) is 0 Å². The minimum Gasteiger partial charge on any atom is -0.395 e. The second-order valence-electron chi connectivity index (χ2n) is 3.83. The van der Waals surface area contributed by atoms with Crippen molar-refractivity contribution in [3.63, 3.8) is 0 Å². The Labute approximate surface area is 106 Å². The topological polar surface area (TPSA) is 87.8 Å². The smallest absolute Gasteiger partial charge is 0.327 e. The number of hydrogen-bond acceptors (Lipinski definition) is 6. The first-order valence-corrected chi connectivity index (χ1v) is 5.78. The number of aliphatic hydroxyl groups is 1. The number of nitrogens with two attached hydrogens (primary N) is 1. The molecule has 0 aliphatic carbocycles. The van der Waals surface area contributed by atoms with E-state index in [2.05, 4.69) is 4.84 Å². The molecule has 6 nitrogen and oxygen atoms in total. The molecule has 0 aromatic heterocycles. The molecule has 0 atom stereocenters. The van der Waals surface area contributed by atoms with Crippen molar-refractivity contribution < 1.29 is 14.7 Å². The average Bonchev–Trinajstić information content (AvgIpc) is 2.38. The maximum Gasteiger partial charge on any atom is 0.327 e. The summed E-state index contributed by atoms with van der Waals surface area (Å²) in [6.07, 6.45) is 0.219. The van der Waals surface area contributed by atoms with Crippen molar-refractivity contribution in [3.8, 4) is 0 Å². The summed E-state index contributed by atoms with van der Waals surface area (Å²) in [6, 6.07) is 9.87. The molecule has 1 aromatic carbocycles. The molecule has 0 spiro atoms. The maximum atomic E-state index is 11.2. The Kier molecular flexibility index (Phi) is 6.97. The van der Waals surface area contributed by atoms with Crippen LogP contribution in [0.25, 0.3) is 0 Å². The van der Waals surface area contributed by atoms with Gasteiger partial charge in [0.15, 0.2) is 0 Å². The van der Waals surface area contributed by atoms with Crippen molar-refractivity contribution >= 4 is 5.97 Å². The van der Waals surface area contributed by atoms with Crippen molar-refractivity contribution in [2.24, 2.45) is 5.84 Å². The third-order valence-corrected chi connectivity index (χ3v) is 2.47. The van der Waals surface area contributed by atoms with E-state index in [1.807, 2.05) is 40.8 Å². The first kappa shape index (κ1) is 14.6. The molecule has 0 amide bonds. The van der Waals surface area contributed by atoms with Gasteiger partial charge in [0.05, 0.1) is 13.0 Å². The van der Waals surface area contributed by atoms with Gasteiger partial charge in [-0.05, 0) is 5.56 Å².